The monoisotopic (exact) mass is 2200 g/mol. The first-order valence-electron chi connectivity index (χ1n) is 46.1. The summed E-state index contributed by atoms with van der Waals surface area (Å²) in [5.74, 6) is -5.95. The number of carbonyl (C=O) groups is 6. The topological polar surface area (TPSA) is 363 Å². The number of aliphatic hydroxyl groups is 2. The van der Waals surface area contributed by atoms with E-state index in [0.29, 0.717) is 193 Å². The van der Waals surface area contributed by atoms with Crippen molar-refractivity contribution in [1.82, 2.24) is 17.7 Å². The van der Waals surface area contributed by atoms with Gasteiger partial charge in [-0.1, -0.05) is 0 Å². The Labute approximate surface area is 807 Å². The van der Waals surface area contributed by atoms with Crippen LogP contribution in [-0.4, -0.2) is 213 Å². The average Bonchev–Trinajstić information content (AvgIpc) is 1.89. The molecule has 18 bridgehead atoms. The number of halogens is 6. The summed E-state index contributed by atoms with van der Waals surface area (Å²) >= 11 is -20.3. The van der Waals surface area contributed by atoms with Crippen LogP contribution in [0.2, 0.25) is 0 Å². The predicted octanol–water partition coefficient (Wildman–Crippen LogP) is 20.1. The first-order valence-corrected chi connectivity index (χ1v) is 60.2. The summed E-state index contributed by atoms with van der Waals surface area (Å²) in [4.78, 5) is 99.8. The Balaban J connectivity index is 0.000000149. The Hall–Kier alpha value is -11.2. The molecule has 716 valence electrons. The fraction of sp³-hybridized carbons (Fsp3) is 0.373. The first-order chi connectivity index (χ1) is 64.6. The number of hydrogen-bond acceptors (Lipinski definition) is 17. The van der Waals surface area contributed by atoms with Gasteiger partial charge in [-0.25, -0.2) is 0 Å². The van der Waals surface area contributed by atoms with E-state index in [-0.39, 0.29) is 113 Å². The number of aliphatic hydroxyl groups excluding tert-OH is 2. The molecule has 35 heteroatoms. The van der Waals surface area contributed by atoms with Crippen molar-refractivity contribution in [3.8, 4) is 0 Å². The number of aliphatic imine (C=N–C) groups is 6. The molecular formula is C102H110F6N12O14Sn3. The van der Waals surface area contributed by atoms with Crippen LogP contribution in [0.3, 0.4) is 0 Å². The van der Waals surface area contributed by atoms with Crippen LogP contribution in [0, 0.1) is 20.8 Å². The normalized spacial score (nSPS) is 21.8. The molecule has 8 N–H and O–H groups in total. The van der Waals surface area contributed by atoms with E-state index < -0.39 is 126 Å². The zero-order valence-electron chi connectivity index (χ0n) is 79.3. The van der Waals surface area contributed by atoms with Crippen molar-refractivity contribution in [1.29, 1.82) is 0 Å². The molecule has 5 unspecified atom stereocenters. The molecule has 3 aromatic heterocycles. The Kier molecular flexibility index (Phi) is 26.8. The van der Waals surface area contributed by atoms with Crippen molar-refractivity contribution in [3.05, 3.63) is 257 Å². The third-order valence-electron chi connectivity index (χ3n) is 29.4. The maximum atomic E-state index is 18.0. The molecule has 0 fully saturated rings. The molecule has 0 saturated carbocycles. The molecule has 18 rings (SSSR count). The van der Waals surface area contributed by atoms with Crippen LogP contribution in [0.4, 0.5) is 17.2 Å². The van der Waals surface area contributed by atoms with Crippen LogP contribution in [-0.2, 0) is 35.2 Å². The molecule has 0 saturated heterocycles. The molecule has 15 aliphatic rings. The SMILES string of the molecule is C=CC1=C(C)C2=NC1=Cc1c(C)c(C=C)c3[n]1[Sn]([F])([F])[N]1C(=C2)C(C)=C(CCC(=O)O)C1CC1=NC(=C3)C(C)=C1CCC(=O)O.CC1=C(CCC(=O)O)C2=NC1=Cc1c(C(C)O)c(C)c3[n]1[Sn]([F])([F])[N]1C(=CC4=NC(=C3)C(C(C)O)=C4C)C(C)=C(CCC(=O)O)C1C2.CCC1=C(C)C2=NC1=Cc1c(C)c(CC)c3[n]1[Sn]([F])([F])[N]1C(=C2)C(C)=C(CCC(=O)O)C1CC1=NC(=C3)C(C)=C1CCC(=O)O. The van der Waals surface area contributed by atoms with E-state index in [1.807, 2.05) is 68.4 Å². The van der Waals surface area contributed by atoms with Crippen molar-refractivity contribution in [2.45, 2.75) is 250 Å². The third kappa shape index (κ3) is 16.8. The number of fused-ring (bicyclic) bond motifs is 6. The van der Waals surface area contributed by atoms with Gasteiger partial charge in [0.15, 0.2) is 0 Å². The summed E-state index contributed by atoms with van der Waals surface area (Å²) in [6, 6.07) is -2.63. The number of hydrogen-bond donors (Lipinski definition) is 8. The van der Waals surface area contributed by atoms with Gasteiger partial charge in [-0.3, -0.25) is 0 Å². The van der Waals surface area contributed by atoms with Gasteiger partial charge in [0.1, 0.15) is 0 Å². The van der Waals surface area contributed by atoms with Crippen LogP contribution in [0.15, 0.2) is 219 Å². The second kappa shape index (κ2) is 37.2. The van der Waals surface area contributed by atoms with Gasteiger partial charge in [0.25, 0.3) is 0 Å². The molecule has 3 aromatic rings. The van der Waals surface area contributed by atoms with Crippen molar-refractivity contribution in [2.75, 3.05) is 0 Å². The summed E-state index contributed by atoms with van der Waals surface area (Å²) < 4.78 is 115. The van der Waals surface area contributed by atoms with Crippen LogP contribution in [0.25, 0.3) is 42.5 Å². The summed E-state index contributed by atoms with van der Waals surface area (Å²) in [5.41, 5.74) is 25.7. The molecule has 0 aromatic carbocycles. The van der Waals surface area contributed by atoms with Crippen molar-refractivity contribution in [2.24, 2.45) is 30.0 Å². The Morgan fingerprint density at radius 3 is 1.09 bits per heavy atom. The minimum absolute atomic E-state index is 0.0370. The fourth-order valence-electron chi connectivity index (χ4n) is 22.5. The Morgan fingerprint density at radius 2 is 0.708 bits per heavy atom. The quantitative estimate of drug-likeness (QED) is 0.0305. The first kappa shape index (κ1) is 98.8. The van der Waals surface area contributed by atoms with E-state index >= 15 is 17.2 Å². The van der Waals surface area contributed by atoms with Crippen molar-refractivity contribution >= 4 is 173 Å². The molecule has 137 heavy (non-hydrogen) atoms. The van der Waals surface area contributed by atoms with Crippen LogP contribution in [0.1, 0.15) is 266 Å². The van der Waals surface area contributed by atoms with Gasteiger partial charge in [0.05, 0.1) is 0 Å². The van der Waals surface area contributed by atoms with Gasteiger partial charge in [0, 0.05) is 0 Å². The molecule has 15 aliphatic heterocycles. The van der Waals surface area contributed by atoms with Crippen molar-refractivity contribution < 1.29 is 86.8 Å². The average molecular weight is 2200 g/mol. The van der Waals surface area contributed by atoms with E-state index in [0.717, 1.165) is 58.5 Å². The summed E-state index contributed by atoms with van der Waals surface area (Å²) in [7, 11) is 0. The standard InChI is InChI=1S/C34H40N4O6.C34H40N4O4.C34H36N4O4.6FH.3Sn/c1-15-21(7-9-31(41)42)27-14-28-22(8-10-32(43)44)16(2)24(36-28)12-29-34(20(6)40)18(4)26(38-29)13-30-33(19(5)39)17(3)25(37-30)11-23(15)35-27;2*1-7-21-17(3)25-13-26-19(5)23(9-11-33(39)40)31(37-26)16-32-24(10-12-34(41)42)20(6)28(38-32)15-30-22(8-2)18(4)27(36-30)14-29(21)35-25;;;;;;;;;/h11-13,19-20,27,39-40H,7-10,14H2,1-6H3,(H4,35,36,37,38,41,42,43,44);13-15,31H,7-12,16H2,1-6H3,(H4,35,36,37,38,39,40,41,42);7-8,13-15,31H,1-2,9-12,16H2,3-6H3,(H4,35,36,37,38,39,40,41,42);6*1H;;;/q;;;;;;;;;3*+4/p-12. The Bertz CT molecular complexity index is 6910. The van der Waals surface area contributed by atoms with Crippen molar-refractivity contribution in [3.63, 3.8) is 0 Å². The second-order valence-electron chi connectivity index (χ2n) is 37.0. The zero-order valence-corrected chi connectivity index (χ0v) is 87.9. The van der Waals surface area contributed by atoms with Gasteiger partial charge < -0.3 is 0 Å². The molecule has 0 radical (unpaired) electrons. The van der Waals surface area contributed by atoms with Gasteiger partial charge in [-0.15, -0.1) is 0 Å². The number of aromatic nitrogens is 3. The second-order valence-corrected chi connectivity index (χ2v) is 53.7. The van der Waals surface area contributed by atoms with Gasteiger partial charge in [0.2, 0.25) is 0 Å². The van der Waals surface area contributed by atoms with E-state index in [4.69, 9.17) is 30.0 Å². The number of allylic oxidation sites excluding steroid dienone is 17. The van der Waals surface area contributed by atoms with Crippen LogP contribution in [0.5, 0.6) is 0 Å². The third-order valence-corrected chi connectivity index (χ3v) is 47.8. The van der Waals surface area contributed by atoms with Crippen LogP contribution >= 0.6 is 0 Å². The summed E-state index contributed by atoms with van der Waals surface area (Å²) in [5, 5.41) is 79.4. The number of nitrogens with zero attached hydrogens (tertiary/aromatic N) is 12. The molecule has 5 atom stereocenters. The Morgan fingerprint density at radius 1 is 0.372 bits per heavy atom. The number of carboxylic acid groups (broad SMARTS) is 6. The molecule has 26 nitrogen and oxygen atoms in total. The number of rotatable bonds is 24. The van der Waals surface area contributed by atoms with Crippen LogP contribution < -0.4 is 0 Å². The molecule has 0 aliphatic carbocycles. The van der Waals surface area contributed by atoms with E-state index in [2.05, 4.69) is 13.2 Å². The van der Waals surface area contributed by atoms with Gasteiger partial charge in [-0.05, 0) is 0 Å². The van der Waals surface area contributed by atoms with Gasteiger partial charge >= 0.3 is 814 Å². The molecular weight excluding hydrogens is 2090 g/mol. The fourth-order valence-corrected chi connectivity index (χ4v) is 42.8. The van der Waals surface area contributed by atoms with Gasteiger partial charge in [-0.2, -0.15) is 0 Å². The predicted molar refractivity (Wildman–Crippen MR) is 523 cm³/mol. The molecule has 0 amide bonds. The summed E-state index contributed by atoms with van der Waals surface area (Å²) in [6.07, 6.45) is 17.9. The number of carboxylic acids is 6. The van der Waals surface area contributed by atoms with E-state index in [1.165, 1.54) is 21.9 Å². The summed E-state index contributed by atoms with van der Waals surface area (Å²) in [6.45, 7) is 37.1. The minimum atomic E-state index is -6.89. The molecule has 18 heterocycles. The van der Waals surface area contributed by atoms with E-state index in [1.54, 1.807) is 102 Å². The molecule has 0 spiro atoms. The maximum absolute atomic E-state index is 18.0. The zero-order chi connectivity index (χ0) is 99.3. The van der Waals surface area contributed by atoms with E-state index in [9.17, 15) is 69.6 Å². The number of aliphatic carboxylic acids is 6.